The van der Waals surface area contributed by atoms with E-state index in [0.717, 1.165) is 19.4 Å². The molecule has 2 aliphatic carbocycles. The Morgan fingerprint density at radius 3 is 2.65 bits per heavy atom. The van der Waals surface area contributed by atoms with Crippen LogP contribution >= 0.6 is 11.6 Å². The molecule has 0 spiro atoms. The number of rotatable bonds is 5. The molecule has 1 amide bonds. The monoisotopic (exact) mass is 293 g/mol. The van der Waals surface area contributed by atoms with Gasteiger partial charge in [-0.3, -0.25) is 4.79 Å². The van der Waals surface area contributed by atoms with Gasteiger partial charge in [0.2, 0.25) is 0 Å². The molecule has 0 saturated heterocycles. The van der Waals surface area contributed by atoms with E-state index in [1.165, 1.54) is 12.8 Å². The normalized spacial score (nSPS) is 18.4. The summed E-state index contributed by atoms with van der Waals surface area (Å²) < 4.78 is 0. The minimum Gasteiger partial charge on any atom is -0.334 e. The Balaban J connectivity index is 1.85. The first-order valence-corrected chi connectivity index (χ1v) is 7.77. The van der Waals surface area contributed by atoms with Crippen molar-refractivity contribution in [3.05, 3.63) is 22.7 Å². The fourth-order valence-electron chi connectivity index (χ4n) is 2.31. The summed E-state index contributed by atoms with van der Waals surface area (Å²) >= 11 is 6.14. The lowest BCUT2D eigenvalue weighted by Crippen LogP contribution is -2.35. The van der Waals surface area contributed by atoms with Gasteiger partial charge in [0.15, 0.2) is 5.69 Å². The molecular weight excluding hydrogens is 274 g/mol. The van der Waals surface area contributed by atoms with E-state index in [1.807, 2.05) is 18.7 Å². The minimum atomic E-state index is -0.0197. The summed E-state index contributed by atoms with van der Waals surface area (Å²) in [6, 6.07) is 0.400. The van der Waals surface area contributed by atoms with Gasteiger partial charge in [-0.1, -0.05) is 25.4 Å². The summed E-state index contributed by atoms with van der Waals surface area (Å²) in [5.74, 6) is 1.54. The van der Waals surface area contributed by atoms with Crippen LogP contribution in [-0.4, -0.2) is 33.4 Å². The maximum Gasteiger partial charge on any atom is 0.274 e. The second-order valence-corrected chi connectivity index (χ2v) is 6.62. The quantitative estimate of drug-likeness (QED) is 0.837. The predicted molar refractivity (Wildman–Crippen MR) is 77.9 cm³/mol. The Bertz CT molecular complexity index is 524. The van der Waals surface area contributed by atoms with Crippen LogP contribution in [0, 0.1) is 5.92 Å². The lowest BCUT2D eigenvalue weighted by atomic mass is 10.2. The van der Waals surface area contributed by atoms with Crippen molar-refractivity contribution >= 4 is 17.5 Å². The molecule has 4 nitrogen and oxygen atoms in total. The number of carbonyl (C=O) groups excluding carboxylic acids is 1. The average Bonchev–Trinajstić information content (AvgIpc) is 3.27. The molecule has 2 fully saturated rings. The molecule has 0 atom stereocenters. The lowest BCUT2D eigenvalue weighted by Gasteiger charge is -2.22. The molecule has 1 aromatic heterocycles. The highest BCUT2D eigenvalue weighted by atomic mass is 35.5. The van der Waals surface area contributed by atoms with Gasteiger partial charge in [0.25, 0.3) is 5.91 Å². The molecule has 108 valence electrons. The van der Waals surface area contributed by atoms with Gasteiger partial charge in [0, 0.05) is 18.5 Å². The number of nitrogens with zero attached hydrogens (tertiary/aromatic N) is 3. The second kappa shape index (κ2) is 5.32. The number of hydrogen-bond acceptors (Lipinski definition) is 3. The van der Waals surface area contributed by atoms with E-state index < -0.39 is 0 Å². The van der Waals surface area contributed by atoms with Crippen LogP contribution in [0.5, 0.6) is 0 Å². The van der Waals surface area contributed by atoms with Crippen molar-refractivity contribution in [1.82, 2.24) is 14.9 Å². The molecule has 0 bridgehead atoms. The zero-order valence-electron chi connectivity index (χ0n) is 12.0. The van der Waals surface area contributed by atoms with E-state index in [9.17, 15) is 4.79 Å². The molecule has 1 heterocycles. The van der Waals surface area contributed by atoms with Crippen molar-refractivity contribution in [3.63, 3.8) is 0 Å². The Morgan fingerprint density at radius 1 is 1.40 bits per heavy atom. The summed E-state index contributed by atoms with van der Waals surface area (Å²) in [7, 11) is 0. The van der Waals surface area contributed by atoms with Gasteiger partial charge < -0.3 is 4.90 Å². The van der Waals surface area contributed by atoms with Gasteiger partial charge in [-0.15, -0.1) is 0 Å². The summed E-state index contributed by atoms with van der Waals surface area (Å²) in [5, 5.41) is 0.362. The lowest BCUT2D eigenvalue weighted by molar-refractivity contribution is 0.0728. The average molecular weight is 294 g/mol. The number of halogens is 1. The van der Waals surface area contributed by atoms with E-state index >= 15 is 0 Å². The predicted octanol–water partition coefficient (Wildman–Crippen LogP) is 3.27. The molecular formula is C15H20ClN3O. The minimum absolute atomic E-state index is 0.0197. The van der Waals surface area contributed by atoms with Crippen LogP contribution in [0.15, 0.2) is 6.20 Å². The number of carbonyl (C=O) groups is 1. The molecule has 3 rings (SSSR count). The standard InChI is InChI=1S/C15H20ClN3O/c1-9(2)14-17-7-12(16)13(18-14)15(20)19(11-5-6-11)8-10-3-4-10/h7,9-11H,3-6,8H2,1-2H3. The van der Waals surface area contributed by atoms with E-state index in [0.29, 0.717) is 28.5 Å². The van der Waals surface area contributed by atoms with E-state index in [1.54, 1.807) is 6.20 Å². The highest BCUT2D eigenvalue weighted by Crippen LogP contribution is 2.36. The largest absolute Gasteiger partial charge is 0.334 e. The van der Waals surface area contributed by atoms with Crippen LogP contribution in [0.4, 0.5) is 0 Å². The van der Waals surface area contributed by atoms with Crippen LogP contribution < -0.4 is 0 Å². The third kappa shape index (κ3) is 2.95. The van der Waals surface area contributed by atoms with Crippen molar-refractivity contribution in [2.24, 2.45) is 5.92 Å². The van der Waals surface area contributed by atoms with Crippen molar-refractivity contribution < 1.29 is 4.79 Å². The molecule has 0 N–H and O–H groups in total. The summed E-state index contributed by atoms with van der Waals surface area (Å²) in [5.41, 5.74) is 0.373. The Morgan fingerprint density at radius 2 is 2.10 bits per heavy atom. The van der Waals surface area contributed by atoms with Crippen LogP contribution in [0.2, 0.25) is 5.02 Å². The smallest absolute Gasteiger partial charge is 0.274 e. The molecule has 2 saturated carbocycles. The first kappa shape index (κ1) is 13.8. The first-order valence-electron chi connectivity index (χ1n) is 7.39. The van der Waals surface area contributed by atoms with E-state index in [-0.39, 0.29) is 11.8 Å². The maximum atomic E-state index is 12.7. The highest BCUT2D eigenvalue weighted by molar-refractivity contribution is 6.33. The Kier molecular flexibility index (Phi) is 3.67. The molecule has 0 radical (unpaired) electrons. The second-order valence-electron chi connectivity index (χ2n) is 6.21. The van der Waals surface area contributed by atoms with Crippen molar-refractivity contribution in [1.29, 1.82) is 0 Å². The van der Waals surface area contributed by atoms with Crippen molar-refractivity contribution in [3.8, 4) is 0 Å². The van der Waals surface area contributed by atoms with Gasteiger partial charge in [-0.25, -0.2) is 9.97 Å². The first-order chi connectivity index (χ1) is 9.56. The maximum absolute atomic E-state index is 12.7. The molecule has 5 heteroatoms. The summed E-state index contributed by atoms with van der Waals surface area (Å²) in [6.07, 6.45) is 6.26. The fraction of sp³-hybridized carbons (Fsp3) is 0.667. The van der Waals surface area contributed by atoms with Crippen LogP contribution in [-0.2, 0) is 0 Å². The third-order valence-corrected chi connectivity index (χ3v) is 4.16. The van der Waals surface area contributed by atoms with Gasteiger partial charge >= 0.3 is 0 Å². The number of aromatic nitrogens is 2. The van der Waals surface area contributed by atoms with E-state index in [2.05, 4.69) is 9.97 Å². The van der Waals surface area contributed by atoms with Crippen LogP contribution in [0.3, 0.4) is 0 Å². The Labute approximate surface area is 124 Å². The van der Waals surface area contributed by atoms with Gasteiger partial charge in [-0.2, -0.15) is 0 Å². The number of hydrogen-bond donors (Lipinski definition) is 0. The third-order valence-electron chi connectivity index (χ3n) is 3.88. The molecule has 0 aromatic carbocycles. The highest BCUT2D eigenvalue weighted by Gasteiger charge is 2.38. The van der Waals surface area contributed by atoms with E-state index in [4.69, 9.17) is 11.6 Å². The topological polar surface area (TPSA) is 46.1 Å². The van der Waals surface area contributed by atoms with Gasteiger partial charge in [0.1, 0.15) is 5.82 Å². The van der Waals surface area contributed by atoms with Gasteiger partial charge in [-0.05, 0) is 31.6 Å². The van der Waals surface area contributed by atoms with Crippen molar-refractivity contribution in [2.75, 3.05) is 6.54 Å². The number of amides is 1. The van der Waals surface area contributed by atoms with Crippen LogP contribution in [0.1, 0.15) is 61.8 Å². The molecule has 20 heavy (non-hydrogen) atoms. The summed E-state index contributed by atoms with van der Waals surface area (Å²) in [6.45, 7) is 4.89. The van der Waals surface area contributed by atoms with Crippen molar-refractivity contribution in [2.45, 2.75) is 51.5 Å². The molecule has 2 aliphatic rings. The Hall–Kier alpha value is -1.16. The summed E-state index contributed by atoms with van der Waals surface area (Å²) in [4.78, 5) is 23.3. The fourth-order valence-corrected chi connectivity index (χ4v) is 2.48. The zero-order chi connectivity index (χ0) is 14.3. The molecule has 0 aliphatic heterocycles. The SMILES string of the molecule is CC(C)c1ncc(Cl)c(C(=O)N(CC2CC2)C2CC2)n1. The molecule has 1 aromatic rings. The van der Waals surface area contributed by atoms with Gasteiger partial charge in [0.05, 0.1) is 11.2 Å². The molecule has 0 unspecified atom stereocenters. The van der Waals surface area contributed by atoms with Crippen LogP contribution in [0.25, 0.3) is 0 Å². The zero-order valence-corrected chi connectivity index (χ0v) is 12.7.